The van der Waals surface area contributed by atoms with Gasteiger partial charge in [0.05, 0.1) is 52.8 Å². The average molecular weight is 273 g/mol. The van der Waals surface area contributed by atoms with Crippen LogP contribution in [0.3, 0.4) is 0 Å². The van der Waals surface area contributed by atoms with E-state index in [1.54, 1.807) is 0 Å². The first-order valence-electron chi connectivity index (χ1n) is 6.13. The Morgan fingerprint density at radius 3 is 1.84 bits per heavy atom. The zero-order chi connectivity index (χ0) is 13.9. The van der Waals surface area contributed by atoms with Crippen molar-refractivity contribution >= 4 is 11.8 Å². The summed E-state index contributed by atoms with van der Waals surface area (Å²) in [4.78, 5) is 23.5. The Morgan fingerprint density at radius 1 is 0.842 bits per heavy atom. The second-order valence-electron chi connectivity index (χ2n) is 3.72. The molecule has 0 aromatic carbocycles. The van der Waals surface area contributed by atoms with Gasteiger partial charge in [0, 0.05) is 12.2 Å². The fraction of sp³-hybridized carbons (Fsp3) is 0.667. The summed E-state index contributed by atoms with van der Waals surface area (Å²) in [7, 11) is 0. The second-order valence-corrected chi connectivity index (χ2v) is 3.72. The lowest BCUT2D eigenvalue weighted by molar-refractivity contribution is -0.137. The van der Waals surface area contributed by atoms with Crippen LogP contribution in [-0.2, 0) is 23.8 Å². The third-order valence-electron chi connectivity index (χ3n) is 2.34. The number of nitrogens with zero attached hydrogens (tertiary/aromatic N) is 1. The monoisotopic (exact) mass is 273 g/mol. The lowest BCUT2D eigenvalue weighted by Crippen LogP contribution is -2.33. The number of carbonyl (C=O) groups excluding carboxylic acids is 2. The molecular weight excluding hydrogens is 254 g/mol. The average Bonchev–Trinajstić information content (AvgIpc) is 2.72. The molecule has 7 nitrogen and oxygen atoms in total. The van der Waals surface area contributed by atoms with Gasteiger partial charge in [-0.2, -0.15) is 0 Å². The van der Waals surface area contributed by atoms with Crippen LogP contribution >= 0.6 is 0 Å². The highest BCUT2D eigenvalue weighted by Gasteiger charge is 2.22. The molecule has 0 fully saturated rings. The molecule has 1 aliphatic rings. The first-order valence-corrected chi connectivity index (χ1v) is 6.13. The molecule has 0 atom stereocenters. The van der Waals surface area contributed by atoms with Crippen molar-refractivity contribution in [2.24, 2.45) is 0 Å². The summed E-state index contributed by atoms with van der Waals surface area (Å²) in [5.41, 5.74) is 0. The zero-order valence-corrected chi connectivity index (χ0v) is 10.7. The summed E-state index contributed by atoms with van der Waals surface area (Å²) in [5, 5.41) is 8.45. The standard InChI is InChI=1S/C12H19NO6/c14-4-6-18-8-10-19-9-7-17-5-3-13-11(15)1-2-12(13)16/h1-2,14H,3-10H2. The molecule has 0 unspecified atom stereocenters. The number of aliphatic hydroxyl groups is 1. The van der Waals surface area contributed by atoms with Crippen LogP contribution in [0.2, 0.25) is 0 Å². The van der Waals surface area contributed by atoms with Crippen molar-refractivity contribution in [2.45, 2.75) is 0 Å². The number of aliphatic hydroxyl groups excluding tert-OH is 1. The molecule has 0 aromatic heterocycles. The Morgan fingerprint density at radius 2 is 1.32 bits per heavy atom. The van der Waals surface area contributed by atoms with E-state index in [1.807, 2.05) is 0 Å². The van der Waals surface area contributed by atoms with E-state index in [1.165, 1.54) is 12.2 Å². The summed E-state index contributed by atoms with van der Waals surface area (Å²) in [6.07, 6.45) is 2.50. The molecule has 0 aromatic rings. The van der Waals surface area contributed by atoms with Crippen molar-refractivity contribution in [3.8, 4) is 0 Å². The van der Waals surface area contributed by atoms with Gasteiger partial charge in [-0.3, -0.25) is 14.5 Å². The van der Waals surface area contributed by atoms with Crippen LogP contribution in [-0.4, -0.2) is 74.6 Å². The smallest absolute Gasteiger partial charge is 0.253 e. The molecule has 0 bridgehead atoms. The largest absolute Gasteiger partial charge is 0.394 e. The van der Waals surface area contributed by atoms with E-state index in [2.05, 4.69) is 0 Å². The van der Waals surface area contributed by atoms with Gasteiger partial charge in [-0.15, -0.1) is 0 Å². The minimum Gasteiger partial charge on any atom is -0.394 e. The van der Waals surface area contributed by atoms with Gasteiger partial charge in [0.2, 0.25) is 0 Å². The Hall–Kier alpha value is -1.28. The summed E-state index contributed by atoms with van der Waals surface area (Å²) in [6.45, 7) is 2.55. The van der Waals surface area contributed by atoms with Gasteiger partial charge in [0.15, 0.2) is 0 Å². The third kappa shape index (κ3) is 6.44. The predicted octanol–water partition coefficient (Wildman–Crippen LogP) is -1.05. The van der Waals surface area contributed by atoms with Gasteiger partial charge < -0.3 is 19.3 Å². The van der Waals surface area contributed by atoms with Crippen LogP contribution in [0.15, 0.2) is 12.2 Å². The number of hydrogen-bond acceptors (Lipinski definition) is 6. The summed E-state index contributed by atoms with van der Waals surface area (Å²) in [6, 6.07) is 0. The molecular formula is C12H19NO6. The van der Waals surface area contributed by atoms with E-state index in [9.17, 15) is 9.59 Å². The zero-order valence-electron chi connectivity index (χ0n) is 10.7. The maximum absolute atomic E-state index is 11.2. The molecule has 1 N–H and O–H groups in total. The lowest BCUT2D eigenvalue weighted by atomic mass is 10.5. The maximum atomic E-state index is 11.2. The molecule has 19 heavy (non-hydrogen) atoms. The Kier molecular flexibility index (Phi) is 7.99. The van der Waals surface area contributed by atoms with E-state index < -0.39 is 0 Å². The van der Waals surface area contributed by atoms with Gasteiger partial charge in [-0.1, -0.05) is 0 Å². The topological polar surface area (TPSA) is 85.3 Å². The molecule has 0 spiro atoms. The summed E-state index contributed by atoms with van der Waals surface area (Å²) in [5.74, 6) is -0.600. The van der Waals surface area contributed by atoms with Crippen molar-refractivity contribution < 1.29 is 28.9 Å². The van der Waals surface area contributed by atoms with Crippen molar-refractivity contribution in [2.75, 3.05) is 52.8 Å². The van der Waals surface area contributed by atoms with Gasteiger partial charge in [0.1, 0.15) is 0 Å². The van der Waals surface area contributed by atoms with Crippen molar-refractivity contribution in [3.05, 3.63) is 12.2 Å². The minimum absolute atomic E-state index is 0.00586. The molecule has 108 valence electrons. The number of imide groups is 1. The molecule has 2 amide bonds. The van der Waals surface area contributed by atoms with Crippen LogP contribution in [0.25, 0.3) is 0 Å². The molecule has 0 saturated heterocycles. The molecule has 0 radical (unpaired) electrons. The van der Waals surface area contributed by atoms with Gasteiger partial charge >= 0.3 is 0 Å². The number of hydrogen-bond donors (Lipinski definition) is 1. The van der Waals surface area contributed by atoms with Gasteiger partial charge in [0.25, 0.3) is 11.8 Å². The van der Waals surface area contributed by atoms with Gasteiger partial charge in [-0.05, 0) is 0 Å². The second kappa shape index (κ2) is 9.62. The van der Waals surface area contributed by atoms with Crippen molar-refractivity contribution in [1.29, 1.82) is 0 Å². The highest BCUT2D eigenvalue weighted by atomic mass is 16.5. The van der Waals surface area contributed by atoms with Crippen LogP contribution in [0.4, 0.5) is 0 Å². The fourth-order valence-corrected chi connectivity index (χ4v) is 1.41. The lowest BCUT2D eigenvalue weighted by Gasteiger charge is -2.13. The molecule has 0 saturated carbocycles. The summed E-state index contributed by atoms with van der Waals surface area (Å²) >= 11 is 0. The van der Waals surface area contributed by atoms with Crippen LogP contribution in [0.5, 0.6) is 0 Å². The molecule has 1 rings (SSSR count). The van der Waals surface area contributed by atoms with Crippen LogP contribution in [0.1, 0.15) is 0 Å². The van der Waals surface area contributed by atoms with Crippen molar-refractivity contribution in [1.82, 2.24) is 4.90 Å². The van der Waals surface area contributed by atoms with Crippen molar-refractivity contribution in [3.63, 3.8) is 0 Å². The van der Waals surface area contributed by atoms with E-state index in [-0.39, 0.29) is 25.0 Å². The third-order valence-corrected chi connectivity index (χ3v) is 2.34. The number of rotatable bonds is 11. The Labute approximate surface area is 111 Å². The Bertz CT molecular complexity index is 299. The normalized spacial score (nSPS) is 14.7. The predicted molar refractivity (Wildman–Crippen MR) is 65.4 cm³/mol. The summed E-state index contributed by atoms with van der Waals surface area (Å²) < 4.78 is 15.4. The van der Waals surface area contributed by atoms with Crippen LogP contribution in [0, 0.1) is 0 Å². The van der Waals surface area contributed by atoms with E-state index in [4.69, 9.17) is 19.3 Å². The number of amides is 2. The maximum Gasteiger partial charge on any atom is 0.253 e. The molecule has 7 heteroatoms. The quantitative estimate of drug-likeness (QED) is 0.382. The first kappa shape index (κ1) is 15.8. The SMILES string of the molecule is O=C1C=CC(=O)N1CCOCCOCCOCCO. The van der Waals surface area contributed by atoms with Gasteiger partial charge in [-0.25, -0.2) is 0 Å². The fourth-order valence-electron chi connectivity index (χ4n) is 1.41. The van der Waals surface area contributed by atoms with E-state index >= 15 is 0 Å². The molecule has 0 aliphatic carbocycles. The number of ether oxygens (including phenoxy) is 3. The van der Waals surface area contributed by atoms with E-state index in [0.717, 1.165) is 4.90 Å². The highest BCUT2D eigenvalue weighted by Crippen LogP contribution is 2.02. The molecule has 1 heterocycles. The molecule has 1 aliphatic heterocycles. The first-order chi connectivity index (χ1) is 9.25. The number of carbonyl (C=O) groups is 2. The minimum atomic E-state index is -0.300. The van der Waals surface area contributed by atoms with Crippen LogP contribution < -0.4 is 0 Å². The van der Waals surface area contributed by atoms with E-state index in [0.29, 0.717) is 39.6 Å². The Balaban J connectivity index is 1.86. The highest BCUT2D eigenvalue weighted by molar-refractivity contribution is 6.12.